The van der Waals surface area contributed by atoms with Crippen LogP contribution in [0.5, 0.6) is 11.5 Å². The molecule has 0 atom stereocenters. The molecule has 0 bridgehead atoms. The Labute approximate surface area is 257 Å². The summed E-state index contributed by atoms with van der Waals surface area (Å²) in [5.41, 5.74) is 3.77. The highest BCUT2D eigenvalue weighted by molar-refractivity contribution is 8.93. The number of benzene rings is 2. The number of carbonyl (C=O) groups is 1. The van der Waals surface area contributed by atoms with E-state index in [0.29, 0.717) is 23.7 Å². The second kappa shape index (κ2) is 19.9. The zero-order valence-electron chi connectivity index (χ0n) is 24.7. The number of methoxy groups -OCH3 is 1. The molecule has 1 aliphatic heterocycles. The quantitative estimate of drug-likeness (QED) is 0.156. The van der Waals surface area contributed by atoms with Gasteiger partial charge < -0.3 is 19.7 Å². The van der Waals surface area contributed by atoms with Crippen LogP contribution in [-0.2, 0) is 6.54 Å². The van der Waals surface area contributed by atoms with E-state index in [0.717, 1.165) is 31.0 Å². The van der Waals surface area contributed by atoms with Crippen LogP contribution < -0.4 is 14.8 Å². The maximum Gasteiger partial charge on any atom is 0.259 e. The molecule has 1 aliphatic rings. The minimum absolute atomic E-state index is 0. The van der Waals surface area contributed by atoms with Crippen LogP contribution in [0.25, 0.3) is 0 Å². The predicted octanol–water partition coefficient (Wildman–Crippen LogP) is 9.97. The molecule has 222 valence electrons. The average molecular weight is 634 g/mol. The van der Waals surface area contributed by atoms with Crippen LogP contribution in [0.4, 0.5) is 5.69 Å². The van der Waals surface area contributed by atoms with E-state index >= 15 is 0 Å². The maximum absolute atomic E-state index is 13.2. The molecule has 3 rings (SSSR count). The molecule has 1 amide bonds. The normalized spacial score (nSPS) is 12.6. The number of nitrogens with zero attached hydrogens (tertiary/aromatic N) is 1. The van der Waals surface area contributed by atoms with Crippen molar-refractivity contribution in [1.29, 1.82) is 0 Å². The van der Waals surface area contributed by atoms with Gasteiger partial charge in [0.25, 0.3) is 5.91 Å². The Kier molecular flexibility index (Phi) is 16.9. The van der Waals surface area contributed by atoms with Crippen molar-refractivity contribution >= 4 is 40.3 Å². The molecule has 0 aromatic heterocycles. The van der Waals surface area contributed by atoms with E-state index in [2.05, 4.69) is 41.6 Å². The van der Waals surface area contributed by atoms with Crippen molar-refractivity contribution in [2.75, 3.05) is 24.9 Å². The van der Waals surface area contributed by atoms with Gasteiger partial charge in [0.2, 0.25) is 0 Å². The number of nitrogens with one attached hydrogen (secondary N) is 1. The molecule has 0 fully saturated rings. The van der Waals surface area contributed by atoms with Crippen molar-refractivity contribution in [3.05, 3.63) is 64.7 Å². The molecule has 0 spiro atoms. The lowest BCUT2D eigenvalue weighted by atomic mass is 10.1. The molecule has 2 aromatic rings. The summed E-state index contributed by atoms with van der Waals surface area (Å²) in [6, 6.07) is 13.5. The third-order valence-electron chi connectivity index (χ3n) is 7.26. The number of allylic oxidation sites excluding steroid dienone is 1. The molecular formula is C33H49BrN2O3S. The lowest BCUT2D eigenvalue weighted by molar-refractivity contribution is 0.102. The molecule has 40 heavy (non-hydrogen) atoms. The minimum atomic E-state index is -0.193. The second-order valence-corrected chi connectivity index (χ2v) is 11.3. The van der Waals surface area contributed by atoms with Crippen molar-refractivity contribution in [1.82, 2.24) is 4.90 Å². The molecule has 2 aromatic carbocycles. The van der Waals surface area contributed by atoms with Crippen LogP contribution in [0.3, 0.4) is 0 Å². The number of halogens is 1. The Bertz CT molecular complexity index is 1030. The summed E-state index contributed by atoms with van der Waals surface area (Å²) in [5, 5.41) is 5.22. The summed E-state index contributed by atoms with van der Waals surface area (Å²) in [4.78, 5) is 15.5. The zero-order chi connectivity index (χ0) is 27.7. The van der Waals surface area contributed by atoms with E-state index in [-0.39, 0.29) is 22.9 Å². The summed E-state index contributed by atoms with van der Waals surface area (Å²) in [5.74, 6) is 1.90. The predicted molar refractivity (Wildman–Crippen MR) is 176 cm³/mol. The van der Waals surface area contributed by atoms with E-state index in [9.17, 15) is 4.79 Å². The van der Waals surface area contributed by atoms with Gasteiger partial charge in [-0.05, 0) is 48.6 Å². The van der Waals surface area contributed by atoms with Gasteiger partial charge in [0.05, 0.1) is 25.2 Å². The van der Waals surface area contributed by atoms with Crippen molar-refractivity contribution < 1.29 is 14.3 Å². The van der Waals surface area contributed by atoms with Crippen LogP contribution in [-0.4, -0.2) is 30.4 Å². The van der Waals surface area contributed by atoms with E-state index in [4.69, 9.17) is 9.47 Å². The van der Waals surface area contributed by atoms with Crippen molar-refractivity contribution in [2.24, 2.45) is 0 Å². The number of unbranched alkanes of at least 4 members (excludes halogenated alkanes) is 11. The fraction of sp³-hybridized carbons (Fsp3) is 0.545. The summed E-state index contributed by atoms with van der Waals surface area (Å²) in [6.07, 6.45) is 15.6. The number of anilines is 1. The SMILES string of the molecule is Br.CCCCCCCCCCCCCCOc1c(OC)cccc1C(=O)Nc1ccc(CN2CSC=C2C)cc1. The Morgan fingerprint density at radius 2 is 1.52 bits per heavy atom. The summed E-state index contributed by atoms with van der Waals surface area (Å²) >= 11 is 1.82. The van der Waals surface area contributed by atoms with Crippen LogP contribution in [0, 0.1) is 0 Å². The van der Waals surface area contributed by atoms with Gasteiger partial charge >= 0.3 is 0 Å². The Morgan fingerprint density at radius 3 is 2.10 bits per heavy atom. The molecule has 0 aliphatic carbocycles. The zero-order valence-corrected chi connectivity index (χ0v) is 27.2. The van der Waals surface area contributed by atoms with E-state index < -0.39 is 0 Å². The molecule has 0 saturated heterocycles. The van der Waals surface area contributed by atoms with Gasteiger partial charge in [-0.1, -0.05) is 95.8 Å². The van der Waals surface area contributed by atoms with Crippen molar-refractivity contribution in [3.63, 3.8) is 0 Å². The number of thioether (sulfide) groups is 1. The third-order valence-corrected chi connectivity index (χ3v) is 8.22. The monoisotopic (exact) mass is 632 g/mol. The van der Waals surface area contributed by atoms with Gasteiger partial charge in [0.1, 0.15) is 0 Å². The molecule has 1 heterocycles. The highest BCUT2D eigenvalue weighted by Gasteiger charge is 2.18. The lowest BCUT2D eigenvalue weighted by Crippen LogP contribution is -2.17. The topological polar surface area (TPSA) is 50.8 Å². The smallest absolute Gasteiger partial charge is 0.259 e. The fourth-order valence-corrected chi connectivity index (χ4v) is 5.77. The molecular weight excluding hydrogens is 584 g/mol. The number of para-hydroxylation sites is 1. The fourth-order valence-electron chi connectivity index (χ4n) is 4.83. The first kappa shape index (κ1) is 34.1. The molecule has 0 unspecified atom stereocenters. The molecule has 7 heteroatoms. The van der Waals surface area contributed by atoms with Gasteiger partial charge in [0.15, 0.2) is 11.5 Å². The Balaban J connectivity index is 0.00000560. The van der Waals surface area contributed by atoms with Gasteiger partial charge in [0, 0.05) is 17.9 Å². The summed E-state index contributed by atoms with van der Waals surface area (Å²) in [7, 11) is 1.61. The van der Waals surface area contributed by atoms with Crippen LogP contribution in [0.1, 0.15) is 107 Å². The number of ether oxygens (including phenoxy) is 2. The van der Waals surface area contributed by atoms with Crippen LogP contribution >= 0.6 is 28.7 Å². The second-order valence-electron chi connectivity index (χ2n) is 10.5. The van der Waals surface area contributed by atoms with Gasteiger partial charge in [-0.2, -0.15) is 0 Å². The Morgan fingerprint density at radius 1 is 0.900 bits per heavy atom. The highest BCUT2D eigenvalue weighted by Crippen LogP contribution is 2.32. The van der Waals surface area contributed by atoms with Gasteiger partial charge in [-0.15, -0.1) is 28.7 Å². The standard InChI is InChI=1S/C33H48N2O3S.BrH/c1-4-5-6-7-8-9-10-11-12-13-14-15-23-38-32-30(17-16-18-31(32)37-3)33(36)34-29-21-19-28(20-22-29)24-35-26-39-25-27(35)2;/h16-22,25H,4-15,23-24,26H2,1-3H3,(H,34,36);1H. The van der Waals surface area contributed by atoms with Crippen LogP contribution in [0.2, 0.25) is 0 Å². The third kappa shape index (κ3) is 11.8. The number of carbonyl (C=O) groups excluding carboxylic acids is 1. The van der Waals surface area contributed by atoms with E-state index in [1.807, 2.05) is 36.0 Å². The highest BCUT2D eigenvalue weighted by atomic mass is 79.9. The van der Waals surface area contributed by atoms with Gasteiger partial charge in [-0.25, -0.2) is 0 Å². The number of amides is 1. The first-order valence-corrected chi connectivity index (χ1v) is 15.9. The average Bonchev–Trinajstić information content (AvgIpc) is 3.36. The van der Waals surface area contributed by atoms with E-state index in [1.54, 1.807) is 13.2 Å². The largest absolute Gasteiger partial charge is 0.493 e. The molecule has 0 saturated carbocycles. The first-order valence-electron chi connectivity index (χ1n) is 14.9. The number of hydrogen-bond donors (Lipinski definition) is 1. The first-order chi connectivity index (χ1) is 19.1. The minimum Gasteiger partial charge on any atom is -0.493 e. The molecule has 5 nitrogen and oxygen atoms in total. The van der Waals surface area contributed by atoms with Gasteiger partial charge in [-0.3, -0.25) is 4.79 Å². The molecule has 1 N–H and O–H groups in total. The number of hydrogen-bond acceptors (Lipinski definition) is 5. The summed E-state index contributed by atoms with van der Waals surface area (Å²) < 4.78 is 11.6. The Hall–Kier alpha value is -2.12. The molecule has 0 radical (unpaired) electrons. The van der Waals surface area contributed by atoms with Crippen molar-refractivity contribution in [2.45, 2.75) is 97.4 Å². The van der Waals surface area contributed by atoms with E-state index in [1.165, 1.54) is 75.5 Å². The maximum atomic E-state index is 13.2. The summed E-state index contributed by atoms with van der Waals surface area (Å²) in [6.45, 7) is 5.86. The van der Waals surface area contributed by atoms with Crippen molar-refractivity contribution in [3.8, 4) is 11.5 Å². The lowest BCUT2D eigenvalue weighted by Gasteiger charge is -2.19. The number of rotatable bonds is 19. The van der Waals surface area contributed by atoms with Crippen LogP contribution in [0.15, 0.2) is 53.6 Å².